The molecular formula is C17H22N. The minimum absolute atomic E-state index is 0.305. The van der Waals surface area contributed by atoms with E-state index in [2.05, 4.69) is 37.3 Å². The molecule has 1 aliphatic heterocycles. The average Bonchev–Trinajstić information content (AvgIpc) is 2.78. The van der Waals surface area contributed by atoms with Crippen LogP contribution in [0.25, 0.3) is 6.08 Å². The second-order valence-corrected chi connectivity index (χ2v) is 6.03. The molecule has 1 nitrogen and oxygen atoms in total. The Balaban J connectivity index is 1.82. The maximum Gasteiger partial charge on any atom is 0.0706 e. The van der Waals surface area contributed by atoms with Gasteiger partial charge in [-0.3, -0.25) is 5.32 Å². The lowest BCUT2D eigenvalue weighted by molar-refractivity contribution is 0.282. The van der Waals surface area contributed by atoms with Crippen molar-refractivity contribution in [3.63, 3.8) is 0 Å². The Morgan fingerprint density at radius 1 is 0.944 bits per heavy atom. The van der Waals surface area contributed by atoms with E-state index in [-0.39, 0.29) is 0 Å². The van der Waals surface area contributed by atoms with Gasteiger partial charge in [0, 0.05) is 16.7 Å². The van der Waals surface area contributed by atoms with Gasteiger partial charge in [-0.2, -0.15) is 0 Å². The van der Waals surface area contributed by atoms with Gasteiger partial charge >= 0.3 is 0 Å². The highest BCUT2D eigenvalue weighted by atomic mass is 14.9. The van der Waals surface area contributed by atoms with E-state index in [1.54, 1.807) is 0 Å². The van der Waals surface area contributed by atoms with E-state index in [0.29, 0.717) is 5.41 Å². The third kappa shape index (κ3) is 2.19. The van der Waals surface area contributed by atoms with Crippen molar-refractivity contribution in [3.8, 4) is 0 Å². The fourth-order valence-corrected chi connectivity index (χ4v) is 3.27. The predicted octanol–water partition coefficient (Wildman–Crippen LogP) is 5.03. The molecule has 1 aliphatic carbocycles. The zero-order valence-electron chi connectivity index (χ0n) is 11.3. The van der Waals surface area contributed by atoms with E-state index in [4.69, 9.17) is 5.32 Å². The van der Waals surface area contributed by atoms with Gasteiger partial charge < -0.3 is 0 Å². The van der Waals surface area contributed by atoms with Crippen LogP contribution in [-0.4, -0.2) is 0 Å². The molecule has 1 aromatic rings. The number of hydrogen-bond acceptors (Lipinski definition) is 0. The van der Waals surface area contributed by atoms with E-state index >= 15 is 0 Å². The van der Waals surface area contributed by atoms with Crippen molar-refractivity contribution >= 4 is 11.8 Å². The van der Waals surface area contributed by atoms with E-state index in [0.717, 1.165) is 5.69 Å². The molecule has 0 amide bonds. The van der Waals surface area contributed by atoms with Crippen molar-refractivity contribution in [2.24, 2.45) is 5.41 Å². The largest absolute Gasteiger partial charge is 0.252 e. The van der Waals surface area contributed by atoms with Gasteiger partial charge in [0.05, 0.1) is 5.69 Å². The van der Waals surface area contributed by atoms with Crippen LogP contribution < -0.4 is 5.32 Å². The van der Waals surface area contributed by atoms with Crippen molar-refractivity contribution in [1.82, 2.24) is 5.32 Å². The zero-order valence-corrected chi connectivity index (χ0v) is 11.3. The van der Waals surface area contributed by atoms with E-state index in [1.165, 1.54) is 56.2 Å². The molecule has 18 heavy (non-hydrogen) atoms. The molecule has 1 aromatic carbocycles. The van der Waals surface area contributed by atoms with Crippen LogP contribution in [0.3, 0.4) is 0 Å². The first-order valence-corrected chi connectivity index (χ1v) is 7.31. The summed E-state index contributed by atoms with van der Waals surface area (Å²) in [4.78, 5) is 0. The smallest absolute Gasteiger partial charge is 0.0706 e. The Morgan fingerprint density at radius 2 is 1.61 bits per heavy atom. The standard InChI is InChI=1S/C17H22N/c1-17(11-7-3-2-4-8-12-17)16-13-14-9-5-6-10-15(14)18-16/h5-6,9-10,13H,2-4,7-8,11-12H2,1H3. The first-order valence-electron chi connectivity index (χ1n) is 7.31. The van der Waals surface area contributed by atoms with Gasteiger partial charge in [0.2, 0.25) is 0 Å². The quantitative estimate of drug-likeness (QED) is 0.654. The van der Waals surface area contributed by atoms with Crippen molar-refractivity contribution in [2.45, 2.75) is 51.9 Å². The topological polar surface area (TPSA) is 14.1 Å². The Labute approximate surface area is 110 Å². The lowest BCUT2D eigenvalue weighted by Crippen LogP contribution is -2.23. The summed E-state index contributed by atoms with van der Waals surface area (Å²) in [6.45, 7) is 2.42. The third-order valence-corrected chi connectivity index (χ3v) is 4.55. The third-order valence-electron chi connectivity index (χ3n) is 4.55. The number of benzene rings is 1. The van der Waals surface area contributed by atoms with E-state index in [1.807, 2.05) is 0 Å². The molecule has 0 bridgehead atoms. The van der Waals surface area contributed by atoms with Crippen LogP contribution in [0.15, 0.2) is 30.0 Å². The molecule has 1 radical (unpaired) electrons. The van der Waals surface area contributed by atoms with Gasteiger partial charge in [-0.15, -0.1) is 0 Å². The summed E-state index contributed by atoms with van der Waals surface area (Å²) in [5.41, 5.74) is 4.09. The summed E-state index contributed by atoms with van der Waals surface area (Å²) in [6, 6.07) is 8.50. The molecule has 0 spiro atoms. The first kappa shape index (κ1) is 11.8. The van der Waals surface area contributed by atoms with Crippen molar-refractivity contribution in [2.75, 3.05) is 0 Å². The maximum atomic E-state index is 4.88. The lowest BCUT2D eigenvalue weighted by Gasteiger charge is -2.32. The SMILES string of the molecule is CC1(C2=Cc3ccccc3[N]2)CCCCCCC1. The molecule has 1 saturated carbocycles. The zero-order chi connectivity index (χ0) is 12.4. The minimum atomic E-state index is 0.305. The molecule has 1 heteroatoms. The molecule has 0 unspecified atom stereocenters. The van der Waals surface area contributed by atoms with Crippen molar-refractivity contribution in [3.05, 3.63) is 35.5 Å². The van der Waals surface area contributed by atoms with Crippen molar-refractivity contribution < 1.29 is 0 Å². The number of rotatable bonds is 1. The second-order valence-electron chi connectivity index (χ2n) is 6.03. The molecule has 1 heterocycles. The number of para-hydroxylation sites is 1. The van der Waals surface area contributed by atoms with Gasteiger partial charge in [-0.05, 0) is 25.0 Å². The molecule has 0 saturated heterocycles. The second kappa shape index (κ2) is 4.79. The highest BCUT2D eigenvalue weighted by molar-refractivity contribution is 5.72. The molecule has 3 rings (SSSR count). The van der Waals surface area contributed by atoms with Gasteiger partial charge in [0.15, 0.2) is 0 Å². The Hall–Kier alpha value is -1.24. The molecule has 0 aromatic heterocycles. The number of nitrogens with zero attached hydrogens (tertiary/aromatic N) is 1. The molecule has 1 fully saturated rings. The van der Waals surface area contributed by atoms with Gasteiger partial charge in [0.25, 0.3) is 0 Å². The van der Waals surface area contributed by atoms with Gasteiger partial charge in [-0.25, -0.2) is 0 Å². The predicted molar refractivity (Wildman–Crippen MR) is 76.6 cm³/mol. The first-order chi connectivity index (χ1) is 8.78. The summed E-state index contributed by atoms with van der Waals surface area (Å²) < 4.78 is 0. The van der Waals surface area contributed by atoms with Gasteiger partial charge in [-0.1, -0.05) is 57.2 Å². The fourth-order valence-electron chi connectivity index (χ4n) is 3.27. The molecule has 2 aliphatic rings. The number of hydrogen-bond donors (Lipinski definition) is 0. The lowest BCUT2D eigenvalue weighted by atomic mass is 9.75. The number of fused-ring (bicyclic) bond motifs is 1. The highest BCUT2D eigenvalue weighted by Crippen LogP contribution is 2.44. The summed E-state index contributed by atoms with van der Waals surface area (Å²) in [7, 11) is 0. The summed E-state index contributed by atoms with van der Waals surface area (Å²) in [6.07, 6.45) is 11.9. The molecular weight excluding hydrogens is 218 g/mol. The normalized spacial score (nSPS) is 22.4. The number of allylic oxidation sites excluding steroid dienone is 1. The van der Waals surface area contributed by atoms with Crippen LogP contribution in [0.5, 0.6) is 0 Å². The molecule has 95 valence electrons. The maximum absolute atomic E-state index is 4.88. The molecule has 0 atom stereocenters. The van der Waals surface area contributed by atoms with Gasteiger partial charge in [0.1, 0.15) is 0 Å². The average molecular weight is 240 g/mol. The minimum Gasteiger partial charge on any atom is -0.252 e. The highest BCUT2D eigenvalue weighted by Gasteiger charge is 2.32. The Bertz CT molecular complexity index is 450. The van der Waals surface area contributed by atoms with Crippen LogP contribution >= 0.6 is 0 Å². The monoisotopic (exact) mass is 240 g/mol. The van der Waals surface area contributed by atoms with Crippen LogP contribution in [0.1, 0.15) is 57.4 Å². The van der Waals surface area contributed by atoms with E-state index < -0.39 is 0 Å². The Morgan fingerprint density at radius 3 is 2.33 bits per heavy atom. The van der Waals surface area contributed by atoms with Crippen LogP contribution in [0, 0.1) is 5.41 Å². The molecule has 0 N–H and O–H groups in total. The van der Waals surface area contributed by atoms with Crippen LogP contribution in [-0.2, 0) is 0 Å². The van der Waals surface area contributed by atoms with Crippen molar-refractivity contribution in [1.29, 1.82) is 0 Å². The Kier molecular flexibility index (Phi) is 3.15. The van der Waals surface area contributed by atoms with E-state index in [9.17, 15) is 0 Å². The van der Waals surface area contributed by atoms with Crippen LogP contribution in [0.2, 0.25) is 0 Å². The summed E-state index contributed by atoms with van der Waals surface area (Å²) in [5, 5.41) is 4.88. The fraction of sp³-hybridized carbons (Fsp3) is 0.529. The summed E-state index contributed by atoms with van der Waals surface area (Å²) in [5.74, 6) is 0. The van der Waals surface area contributed by atoms with Crippen LogP contribution in [0.4, 0.5) is 5.69 Å². The summed E-state index contributed by atoms with van der Waals surface area (Å²) >= 11 is 0.